The van der Waals surface area contributed by atoms with Crippen LogP contribution < -0.4 is 14.8 Å². The monoisotopic (exact) mass is 406 g/mol. The molecule has 1 unspecified atom stereocenters. The Morgan fingerprint density at radius 2 is 1.83 bits per heavy atom. The number of hydrogen-bond donors (Lipinski definition) is 1. The van der Waals surface area contributed by atoms with Gasteiger partial charge in [0.25, 0.3) is 5.91 Å². The Hall–Kier alpha value is -3.16. The highest BCUT2D eigenvalue weighted by Gasteiger charge is 2.16. The summed E-state index contributed by atoms with van der Waals surface area (Å²) in [6.07, 6.45) is 0.510. The molecule has 0 bridgehead atoms. The van der Waals surface area contributed by atoms with Crippen molar-refractivity contribution in [1.29, 1.82) is 0 Å². The summed E-state index contributed by atoms with van der Waals surface area (Å²) in [4.78, 5) is 17.6. The molecule has 1 N–H and O–H groups in total. The number of anilines is 1. The number of para-hydroxylation sites is 1. The molecule has 0 aliphatic carbocycles. The molecule has 2 aromatic rings. The number of ether oxygens (including phenoxy) is 2. The maximum Gasteiger partial charge on any atom is 0.387 e. The van der Waals surface area contributed by atoms with Crippen molar-refractivity contribution >= 4 is 17.8 Å². The highest BCUT2D eigenvalue weighted by atomic mass is 19.3. The summed E-state index contributed by atoms with van der Waals surface area (Å²) in [5.41, 5.74) is 2.28. The summed E-state index contributed by atoms with van der Waals surface area (Å²) >= 11 is 0. The van der Waals surface area contributed by atoms with Crippen LogP contribution >= 0.6 is 0 Å². The summed E-state index contributed by atoms with van der Waals surface area (Å²) in [5, 5.41) is 6.64. The lowest BCUT2D eigenvalue weighted by molar-refractivity contribution is -0.126. The minimum absolute atomic E-state index is 0.0860. The molecule has 0 saturated heterocycles. The molecule has 0 heterocycles. The number of amides is 1. The van der Waals surface area contributed by atoms with Crippen molar-refractivity contribution in [3.63, 3.8) is 0 Å². The molecule has 2 aromatic carbocycles. The highest BCUT2D eigenvalue weighted by molar-refractivity contribution is 5.94. The van der Waals surface area contributed by atoms with Crippen molar-refractivity contribution < 1.29 is 27.9 Å². The second-order valence-corrected chi connectivity index (χ2v) is 6.50. The van der Waals surface area contributed by atoms with Gasteiger partial charge >= 0.3 is 6.61 Å². The van der Waals surface area contributed by atoms with Gasteiger partial charge in [0.15, 0.2) is 11.5 Å². The van der Waals surface area contributed by atoms with Crippen LogP contribution in [0.3, 0.4) is 0 Å². The molecular weight excluding hydrogens is 382 g/mol. The van der Waals surface area contributed by atoms with Crippen LogP contribution in [0.2, 0.25) is 0 Å². The van der Waals surface area contributed by atoms with E-state index in [1.165, 1.54) is 31.5 Å². The van der Waals surface area contributed by atoms with Crippen LogP contribution in [0.1, 0.15) is 37.8 Å². The van der Waals surface area contributed by atoms with Crippen molar-refractivity contribution in [3.8, 4) is 11.5 Å². The Morgan fingerprint density at radius 1 is 1.10 bits per heavy atom. The normalized spacial score (nSPS) is 12.3. The highest BCUT2D eigenvalue weighted by Crippen LogP contribution is 2.29. The fourth-order valence-electron chi connectivity index (χ4n) is 2.54. The van der Waals surface area contributed by atoms with E-state index in [-0.39, 0.29) is 23.3 Å². The average Bonchev–Trinajstić information content (AvgIpc) is 2.68. The smallest absolute Gasteiger partial charge is 0.387 e. The van der Waals surface area contributed by atoms with Crippen molar-refractivity contribution in [2.75, 3.05) is 12.4 Å². The molecule has 2 rings (SSSR count). The number of rotatable bonds is 9. The predicted molar refractivity (Wildman–Crippen MR) is 107 cm³/mol. The van der Waals surface area contributed by atoms with Gasteiger partial charge in [-0.3, -0.25) is 4.79 Å². The van der Waals surface area contributed by atoms with Gasteiger partial charge in [0.2, 0.25) is 6.10 Å². The van der Waals surface area contributed by atoms with E-state index in [2.05, 4.69) is 15.2 Å². The molecule has 0 spiro atoms. The Morgan fingerprint density at radius 3 is 2.48 bits per heavy atom. The summed E-state index contributed by atoms with van der Waals surface area (Å²) in [6.45, 7) is 2.71. The number of oxime groups is 1. The predicted octanol–water partition coefficient (Wildman–Crippen LogP) is 4.80. The van der Waals surface area contributed by atoms with E-state index in [1.54, 1.807) is 6.92 Å². The first-order chi connectivity index (χ1) is 13.8. The first-order valence-corrected chi connectivity index (χ1v) is 9.03. The van der Waals surface area contributed by atoms with Gasteiger partial charge in [-0.15, -0.1) is 0 Å². The molecular formula is C21H24F2N2O4. The number of halogens is 2. The van der Waals surface area contributed by atoms with E-state index in [1.807, 2.05) is 38.1 Å². The molecule has 0 saturated carbocycles. The fourth-order valence-corrected chi connectivity index (χ4v) is 2.54. The Labute approximate surface area is 168 Å². The van der Waals surface area contributed by atoms with Gasteiger partial charge in [0.05, 0.1) is 13.3 Å². The molecule has 0 radical (unpaired) electrons. The van der Waals surface area contributed by atoms with Crippen LogP contribution in [0.25, 0.3) is 0 Å². The number of carbonyl (C=O) groups is 1. The number of alkyl halides is 2. The summed E-state index contributed by atoms with van der Waals surface area (Å²) < 4.78 is 34.1. The van der Waals surface area contributed by atoms with E-state index in [0.29, 0.717) is 5.56 Å². The van der Waals surface area contributed by atoms with Crippen molar-refractivity contribution in [3.05, 3.63) is 53.6 Å². The number of benzene rings is 2. The Bertz CT molecular complexity index is 856. The van der Waals surface area contributed by atoms with Crippen LogP contribution in [0.15, 0.2) is 47.6 Å². The lowest BCUT2D eigenvalue weighted by Gasteiger charge is -2.15. The van der Waals surface area contributed by atoms with Gasteiger partial charge in [-0.1, -0.05) is 37.2 Å². The zero-order valence-electron chi connectivity index (χ0n) is 16.7. The zero-order valence-corrected chi connectivity index (χ0v) is 16.7. The van der Waals surface area contributed by atoms with E-state index in [9.17, 15) is 13.6 Å². The standard InChI is InChI=1S/C21H24F2N2O4/c1-13(2)16-7-5-6-8-17(16)25-20(26)14(3)29-24-12-15-9-10-18(28-21(22)23)19(11-15)27-4/h5-14,21H,1-4H3,(H,25,26)/b24-12+. The number of methoxy groups -OCH3 is 1. The molecule has 156 valence electrons. The number of nitrogens with one attached hydrogen (secondary N) is 1. The molecule has 0 aliphatic heterocycles. The number of nitrogens with zero attached hydrogens (tertiary/aromatic N) is 1. The van der Waals surface area contributed by atoms with Crippen LogP contribution in [0.4, 0.5) is 14.5 Å². The van der Waals surface area contributed by atoms with E-state index < -0.39 is 12.7 Å². The molecule has 0 fully saturated rings. The first-order valence-electron chi connectivity index (χ1n) is 9.03. The molecule has 1 amide bonds. The van der Waals surface area contributed by atoms with Crippen LogP contribution in [0, 0.1) is 0 Å². The van der Waals surface area contributed by atoms with Gasteiger partial charge in [0, 0.05) is 11.3 Å². The second-order valence-electron chi connectivity index (χ2n) is 6.50. The minimum Gasteiger partial charge on any atom is -0.493 e. The third-order valence-electron chi connectivity index (χ3n) is 4.03. The SMILES string of the molecule is COc1cc(/C=N/OC(C)C(=O)Nc2ccccc2C(C)C)ccc1OC(F)F. The summed E-state index contributed by atoms with van der Waals surface area (Å²) in [5.74, 6) is -0.0382. The van der Waals surface area contributed by atoms with Crippen molar-refractivity contribution in [2.24, 2.45) is 5.16 Å². The average molecular weight is 406 g/mol. The van der Waals surface area contributed by atoms with Gasteiger partial charge in [-0.25, -0.2) is 0 Å². The lowest BCUT2D eigenvalue weighted by atomic mass is 10.0. The van der Waals surface area contributed by atoms with Crippen LogP contribution in [0.5, 0.6) is 11.5 Å². The van der Waals surface area contributed by atoms with Gasteiger partial charge in [-0.05, 0) is 42.7 Å². The topological polar surface area (TPSA) is 69.2 Å². The summed E-state index contributed by atoms with van der Waals surface area (Å²) in [6, 6.07) is 11.9. The van der Waals surface area contributed by atoms with E-state index in [4.69, 9.17) is 9.57 Å². The van der Waals surface area contributed by atoms with E-state index >= 15 is 0 Å². The van der Waals surface area contributed by atoms with Crippen molar-refractivity contribution in [1.82, 2.24) is 0 Å². The Kier molecular flexibility index (Phi) is 7.94. The molecule has 1 atom stereocenters. The van der Waals surface area contributed by atoms with E-state index in [0.717, 1.165) is 11.3 Å². The molecule has 29 heavy (non-hydrogen) atoms. The van der Waals surface area contributed by atoms with Gasteiger partial charge < -0.3 is 19.6 Å². The number of carbonyl (C=O) groups excluding carboxylic acids is 1. The zero-order chi connectivity index (χ0) is 21.4. The largest absolute Gasteiger partial charge is 0.493 e. The maximum atomic E-state index is 12.4. The number of hydrogen-bond acceptors (Lipinski definition) is 5. The third kappa shape index (κ3) is 6.44. The van der Waals surface area contributed by atoms with Crippen molar-refractivity contribution in [2.45, 2.75) is 39.4 Å². The lowest BCUT2D eigenvalue weighted by Crippen LogP contribution is -2.27. The molecule has 0 aromatic heterocycles. The Balaban J connectivity index is 1.98. The first kappa shape index (κ1) is 22.1. The quantitative estimate of drug-likeness (QED) is 0.480. The van der Waals surface area contributed by atoms with Crippen LogP contribution in [-0.4, -0.2) is 31.9 Å². The minimum atomic E-state index is -2.95. The van der Waals surface area contributed by atoms with Crippen LogP contribution in [-0.2, 0) is 9.63 Å². The second kappa shape index (κ2) is 10.4. The molecule has 8 heteroatoms. The third-order valence-corrected chi connectivity index (χ3v) is 4.03. The molecule has 6 nitrogen and oxygen atoms in total. The summed E-state index contributed by atoms with van der Waals surface area (Å²) in [7, 11) is 1.34. The maximum absolute atomic E-state index is 12.4. The van der Waals surface area contributed by atoms with Gasteiger partial charge in [0.1, 0.15) is 0 Å². The molecule has 0 aliphatic rings. The van der Waals surface area contributed by atoms with Gasteiger partial charge in [-0.2, -0.15) is 8.78 Å². The fraction of sp³-hybridized carbons (Fsp3) is 0.333.